The molecule has 1 heterocycles. The van der Waals surface area contributed by atoms with Crippen LogP contribution in [-0.4, -0.2) is 24.9 Å². The molecule has 4 nitrogen and oxygen atoms in total. The van der Waals surface area contributed by atoms with Gasteiger partial charge in [0.2, 0.25) is 0 Å². The molecule has 0 aliphatic carbocycles. The highest BCUT2D eigenvalue weighted by molar-refractivity contribution is 5.43. The zero-order chi connectivity index (χ0) is 16.1. The van der Waals surface area contributed by atoms with E-state index in [0.717, 1.165) is 29.0 Å². The Labute approximate surface area is 137 Å². The van der Waals surface area contributed by atoms with E-state index in [4.69, 9.17) is 9.47 Å². The van der Waals surface area contributed by atoms with Gasteiger partial charge in [-0.25, -0.2) is 0 Å². The second-order valence-electron chi connectivity index (χ2n) is 5.69. The first-order valence-electron chi connectivity index (χ1n) is 8.11. The predicted octanol–water partition coefficient (Wildman–Crippen LogP) is 2.84. The number of aryl methyl sites for hydroxylation is 1. The number of nitrogens with one attached hydrogen (secondary N) is 1. The Morgan fingerprint density at radius 2 is 1.70 bits per heavy atom. The molecule has 1 aliphatic rings. The van der Waals surface area contributed by atoms with E-state index >= 15 is 0 Å². The molecule has 2 aromatic carbocycles. The van der Waals surface area contributed by atoms with E-state index in [0.29, 0.717) is 19.8 Å². The molecule has 1 atom stereocenters. The van der Waals surface area contributed by atoms with Crippen molar-refractivity contribution in [2.24, 2.45) is 0 Å². The Morgan fingerprint density at radius 1 is 1.00 bits per heavy atom. The number of aliphatic hydroxyl groups is 1. The maximum atomic E-state index is 9.67. The summed E-state index contributed by atoms with van der Waals surface area (Å²) in [7, 11) is 0. The molecule has 1 aliphatic heterocycles. The second-order valence-corrected chi connectivity index (χ2v) is 5.69. The van der Waals surface area contributed by atoms with Crippen LogP contribution in [0.3, 0.4) is 0 Å². The molecule has 0 amide bonds. The fourth-order valence-electron chi connectivity index (χ4n) is 2.71. The first kappa shape index (κ1) is 15.8. The number of hydrogen-bond donors (Lipinski definition) is 2. The second kappa shape index (κ2) is 7.49. The summed E-state index contributed by atoms with van der Waals surface area (Å²) in [6, 6.07) is 14.3. The van der Waals surface area contributed by atoms with Gasteiger partial charge in [0.25, 0.3) is 0 Å². The van der Waals surface area contributed by atoms with Gasteiger partial charge in [-0.15, -0.1) is 0 Å². The normalized spacial score (nSPS) is 14.5. The molecular weight excluding hydrogens is 290 g/mol. The number of hydrogen-bond acceptors (Lipinski definition) is 4. The maximum Gasteiger partial charge on any atom is 0.161 e. The summed E-state index contributed by atoms with van der Waals surface area (Å²) in [6.45, 7) is 4.06. The van der Waals surface area contributed by atoms with E-state index in [-0.39, 0.29) is 12.6 Å². The third-order valence-electron chi connectivity index (χ3n) is 4.13. The minimum Gasteiger partial charge on any atom is -0.486 e. The molecule has 0 fully saturated rings. The minimum absolute atomic E-state index is 0.0655. The van der Waals surface area contributed by atoms with E-state index in [2.05, 4.69) is 36.5 Å². The summed E-state index contributed by atoms with van der Waals surface area (Å²) >= 11 is 0. The Kier molecular flexibility index (Phi) is 5.16. The van der Waals surface area contributed by atoms with Crippen molar-refractivity contribution >= 4 is 0 Å². The van der Waals surface area contributed by atoms with Crippen LogP contribution in [-0.2, 0) is 13.0 Å². The molecule has 0 saturated heterocycles. The third-order valence-corrected chi connectivity index (χ3v) is 4.13. The molecule has 1 unspecified atom stereocenters. The molecule has 2 N–H and O–H groups in total. The molecule has 0 bridgehead atoms. The average molecular weight is 313 g/mol. The SMILES string of the molecule is CCc1ccc(C(CO)NCc2ccc3c(c2)OCCO3)cc1. The molecule has 23 heavy (non-hydrogen) atoms. The van der Waals surface area contributed by atoms with Gasteiger partial charge in [-0.05, 0) is 35.2 Å². The van der Waals surface area contributed by atoms with E-state index in [1.807, 2.05) is 18.2 Å². The van der Waals surface area contributed by atoms with Gasteiger partial charge in [0.15, 0.2) is 11.5 Å². The van der Waals surface area contributed by atoms with Gasteiger partial charge in [0.05, 0.1) is 12.6 Å². The Morgan fingerprint density at radius 3 is 2.39 bits per heavy atom. The van der Waals surface area contributed by atoms with Crippen LogP contribution in [0.4, 0.5) is 0 Å². The van der Waals surface area contributed by atoms with Crippen molar-refractivity contribution in [1.29, 1.82) is 0 Å². The molecule has 0 radical (unpaired) electrons. The Hall–Kier alpha value is -2.04. The minimum atomic E-state index is -0.0749. The van der Waals surface area contributed by atoms with Crippen molar-refractivity contribution in [2.45, 2.75) is 25.9 Å². The first-order chi connectivity index (χ1) is 11.3. The van der Waals surface area contributed by atoms with E-state index in [9.17, 15) is 5.11 Å². The van der Waals surface area contributed by atoms with E-state index < -0.39 is 0 Å². The zero-order valence-electron chi connectivity index (χ0n) is 13.4. The van der Waals surface area contributed by atoms with Gasteiger partial charge < -0.3 is 19.9 Å². The molecule has 0 aromatic heterocycles. The highest BCUT2D eigenvalue weighted by atomic mass is 16.6. The van der Waals surface area contributed by atoms with Crippen molar-refractivity contribution in [3.63, 3.8) is 0 Å². The van der Waals surface area contributed by atoms with Crippen LogP contribution in [0, 0.1) is 0 Å². The summed E-state index contributed by atoms with van der Waals surface area (Å²) in [4.78, 5) is 0. The lowest BCUT2D eigenvalue weighted by atomic mass is 10.0. The van der Waals surface area contributed by atoms with Crippen LogP contribution in [0.2, 0.25) is 0 Å². The van der Waals surface area contributed by atoms with E-state index in [1.54, 1.807) is 0 Å². The molecular formula is C19H23NO3. The largest absolute Gasteiger partial charge is 0.486 e. The molecule has 122 valence electrons. The number of aliphatic hydroxyl groups excluding tert-OH is 1. The summed E-state index contributed by atoms with van der Waals surface area (Å²) < 4.78 is 11.1. The van der Waals surface area contributed by atoms with Crippen LogP contribution in [0.15, 0.2) is 42.5 Å². The van der Waals surface area contributed by atoms with Gasteiger partial charge in [-0.2, -0.15) is 0 Å². The van der Waals surface area contributed by atoms with Crippen molar-refractivity contribution in [2.75, 3.05) is 19.8 Å². The maximum absolute atomic E-state index is 9.67. The third kappa shape index (κ3) is 3.84. The van der Waals surface area contributed by atoms with Crippen LogP contribution in [0.25, 0.3) is 0 Å². The standard InChI is InChI=1S/C19H23NO3/c1-2-14-3-6-16(7-4-14)17(13-21)20-12-15-5-8-18-19(11-15)23-10-9-22-18/h3-8,11,17,20-21H,2,9-10,12-13H2,1H3. The summed E-state index contributed by atoms with van der Waals surface area (Å²) in [5.41, 5.74) is 3.51. The van der Waals surface area contributed by atoms with Gasteiger partial charge >= 0.3 is 0 Å². The quantitative estimate of drug-likeness (QED) is 0.861. The van der Waals surface area contributed by atoms with Crippen LogP contribution in [0.1, 0.15) is 29.7 Å². The molecule has 2 aromatic rings. The van der Waals surface area contributed by atoms with E-state index in [1.165, 1.54) is 5.56 Å². The highest BCUT2D eigenvalue weighted by Gasteiger charge is 2.13. The van der Waals surface area contributed by atoms with Crippen LogP contribution in [0.5, 0.6) is 11.5 Å². The van der Waals surface area contributed by atoms with Crippen molar-refractivity contribution in [1.82, 2.24) is 5.32 Å². The van der Waals surface area contributed by atoms with Gasteiger partial charge in [0.1, 0.15) is 13.2 Å². The zero-order valence-corrected chi connectivity index (χ0v) is 13.4. The van der Waals surface area contributed by atoms with Gasteiger partial charge in [-0.3, -0.25) is 0 Å². The molecule has 0 saturated carbocycles. The molecule has 4 heteroatoms. The van der Waals surface area contributed by atoms with Gasteiger partial charge in [0, 0.05) is 6.54 Å². The molecule has 3 rings (SSSR count). The Bertz CT molecular complexity index is 640. The first-order valence-corrected chi connectivity index (χ1v) is 8.11. The summed E-state index contributed by atoms with van der Waals surface area (Å²) in [6.07, 6.45) is 1.02. The highest BCUT2D eigenvalue weighted by Crippen LogP contribution is 2.30. The smallest absolute Gasteiger partial charge is 0.161 e. The lowest BCUT2D eigenvalue weighted by Crippen LogP contribution is -2.24. The van der Waals surface area contributed by atoms with Crippen molar-refractivity contribution in [3.8, 4) is 11.5 Å². The fourth-order valence-corrected chi connectivity index (χ4v) is 2.71. The van der Waals surface area contributed by atoms with Crippen LogP contribution >= 0.6 is 0 Å². The number of benzene rings is 2. The lowest BCUT2D eigenvalue weighted by molar-refractivity contribution is 0.171. The Balaban J connectivity index is 1.65. The molecule has 0 spiro atoms. The summed E-state index contributed by atoms with van der Waals surface area (Å²) in [5, 5.41) is 13.1. The number of fused-ring (bicyclic) bond motifs is 1. The number of ether oxygens (including phenoxy) is 2. The number of rotatable bonds is 6. The van der Waals surface area contributed by atoms with Crippen LogP contribution < -0.4 is 14.8 Å². The summed E-state index contributed by atoms with van der Waals surface area (Å²) in [5.74, 6) is 1.59. The topological polar surface area (TPSA) is 50.7 Å². The predicted molar refractivity (Wildman–Crippen MR) is 89.9 cm³/mol. The van der Waals surface area contributed by atoms with Crippen molar-refractivity contribution in [3.05, 3.63) is 59.2 Å². The fraction of sp³-hybridized carbons (Fsp3) is 0.368. The average Bonchev–Trinajstić information content (AvgIpc) is 2.62. The van der Waals surface area contributed by atoms with Gasteiger partial charge in [-0.1, -0.05) is 37.3 Å². The monoisotopic (exact) mass is 313 g/mol. The van der Waals surface area contributed by atoms with Crippen molar-refractivity contribution < 1.29 is 14.6 Å². The lowest BCUT2D eigenvalue weighted by Gasteiger charge is -2.20.